The first kappa shape index (κ1) is 17.8. The average molecular weight is 345 g/mol. The van der Waals surface area contributed by atoms with Gasteiger partial charge in [0.2, 0.25) is 5.91 Å². The molecule has 1 heterocycles. The molecule has 24 heavy (non-hydrogen) atoms. The van der Waals surface area contributed by atoms with E-state index >= 15 is 0 Å². The molecule has 7 nitrogen and oxygen atoms in total. The van der Waals surface area contributed by atoms with Crippen molar-refractivity contribution in [1.82, 2.24) is 19.7 Å². The fraction of sp³-hybridized carbons (Fsp3) is 0.375. The number of amides is 1. The van der Waals surface area contributed by atoms with E-state index in [9.17, 15) is 4.79 Å². The molecule has 1 aromatic carbocycles. The number of carbonyl (C=O) groups excluding carboxylic acids is 1. The summed E-state index contributed by atoms with van der Waals surface area (Å²) in [4.78, 5) is 13.6. The Balaban J connectivity index is 2.09. The third-order valence-corrected chi connectivity index (χ3v) is 4.35. The third-order valence-electron chi connectivity index (χ3n) is 3.44. The summed E-state index contributed by atoms with van der Waals surface area (Å²) in [6, 6.07) is 9.60. The van der Waals surface area contributed by atoms with Gasteiger partial charge in [0.25, 0.3) is 0 Å². The van der Waals surface area contributed by atoms with E-state index in [1.807, 2.05) is 41.8 Å². The standard InChI is InChI=1S/C16H19N5O2S/c1-12-18-19-16(24-11-15(22)20(2)10-4-9-17)21(12)13-5-7-14(23-3)8-6-13/h5-8H,4,10-11H2,1-3H3. The van der Waals surface area contributed by atoms with Crippen molar-refractivity contribution in [3.05, 3.63) is 30.1 Å². The van der Waals surface area contributed by atoms with Crippen LogP contribution in [0.1, 0.15) is 12.2 Å². The van der Waals surface area contributed by atoms with Gasteiger partial charge in [0.1, 0.15) is 11.6 Å². The van der Waals surface area contributed by atoms with Gasteiger partial charge in [0.15, 0.2) is 5.16 Å². The summed E-state index contributed by atoms with van der Waals surface area (Å²) in [5.74, 6) is 1.72. The highest BCUT2D eigenvalue weighted by Gasteiger charge is 2.15. The zero-order valence-corrected chi connectivity index (χ0v) is 14.7. The largest absolute Gasteiger partial charge is 0.497 e. The number of aromatic nitrogens is 3. The molecule has 0 saturated heterocycles. The minimum Gasteiger partial charge on any atom is -0.497 e. The first-order chi connectivity index (χ1) is 11.6. The van der Waals surface area contributed by atoms with E-state index in [0.717, 1.165) is 17.3 Å². The molecule has 0 atom stereocenters. The van der Waals surface area contributed by atoms with Crippen molar-refractivity contribution in [2.75, 3.05) is 26.5 Å². The van der Waals surface area contributed by atoms with Gasteiger partial charge in [0, 0.05) is 19.3 Å². The summed E-state index contributed by atoms with van der Waals surface area (Å²) in [7, 11) is 3.31. The number of ether oxygens (including phenoxy) is 1. The van der Waals surface area contributed by atoms with E-state index in [2.05, 4.69) is 10.2 Å². The number of carbonyl (C=O) groups is 1. The van der Waals surface area contributed by atoms with Crippen LogP contribution in [0.3, 0.4) is 0 Å². The number of hydrogen-bond donors (Lipinski definition) is 0. The topological polar surface area (TPSA) is 84.0 Å². The second-order valence-corrected chi connectivity index (χ2v) is 6.02. The van der Waals surface area contributed by atoms with Crippen molar-refractivity contribution in [2.24, 2.45) is 0 Å². The quantitative estimate of drug-likeness (QED) is 0.714. The molecule has 2 rings (SSSR count). The molecule has 0 fully saturated rings. The lowest BCUT2D eigenvalue weighted by Crippen LogP contribution is -2.29. The molecule has 0 spiro atoms. The van der Waals surface area contributed by atoms with Gasteiger partial charge >= 0.3 is 0 Å². The molecule has 0 aliphatic heterocycles. The van der Waals surface area contributed by atoms with Crippen LogP contribution in [0.15, 0.2) is 29.4 Å². The Labute approximate surface area is 145 Å². The molecular formula is C16H19N5O2S. The third kappa shape index (κ3) is 4.26. The molecule has 0 N–H and O–H groups in total. The van der Waals surface area contributed by atoms with Crippen molar-refractivity contribution in [2.45, 2.75) is 18.5 Å². The Morgan fingerprint density at radius 1 is 1.38 bits per heavy atom. The van der Waals surface area contributed by atoms with Crippen LogP contribution in [-0.4, -0.2) is 52.0 Å². The smallest absolute Gasteiger partial charge is 0.232 e. The molecule has 0 aliphatic rings. The van der Waals surface area contributed by atoms with Crippen LogP contribution in [0.2, 0.25) is 0 Å². The van der Waals surface area contributed by atoms with E-state index in [4.69, 9.17) is 10.00 Å². The van der Waals surface area contributed by atoms with E-state index in [0.29, 0.717) is 18.1 Å². The molecule has 2 aromatic rings. The fourth-order valence-electron chi connectivity index (χ4n) is 2.04. The summed E-state index contributed by atoms with van der Waals surface area (Å²) in [5, 5.41) is 17.5. The maximum atomic E-state index is 12.1. The van der Waals surface area contributed by atoms with Gasteiger partial charge in [-0.3, -0.25) is 9.36 Å². The van der Waals surface area contributed by atoms with Crippen molar-refractivity contribution < 1.29 is 9.53 Å². The number of nitriles is 1. The first-order valence-corrected chi connectivity index (χ1v) is 8.35. The normalized spacial score (nSPS) is 10.2. The molecule has 0 aliphatic carbocycles. The Morgan fingerprint density at radius 3 is 2.71 bits per heavy atom. The number of nitrogens with zero attached hydrogens (tertiary/aromatic N) is 5. The van der Waals surface area contributed by atoms with Crippen molar-refractivity contribution in [3.8, 4) is 17.5 Å². The Kier molecular flexibility index (Phi) is 6.21. The number of rotatable bonds is 7. The van der Waals surface area contributed by atoms with Crippen LogP contribution in [0.25, 0.3) is 5.69 Å². The number of benzene rings is 1. The SMILES string of the molecule is COc1ccc(-n2c(C)nnc2SCC(=O)N(C)CCC#N)cc1. The predicted octanol–water partition coefficient (Wildman–Crippen LogP) is 2.05. The summed E-state index contributed by atoms with van der Waals surface area (Å²) in [6.07, 6.45) is 0.327. The highest BCUT2D eigenvalue weighted by atomic mass is 32.2. The molecule has 1 amide bonds. The molecule has 0 saturated carbocycles. The summed E-state index contributed by atoms with van der Waals surface area (Å²) >= 11 is 1.33. The Hall–Kier alpha value is -2.53. The van der Waals surface area contributed by atoms with Gasteiger partial charge in [0.05, 0.1) is 25.4 Å². The lowest BCUT2D eigenvalue weighted by atomic mass is 10.3. The minimum absolute atomic E-state index is 0.0443. The predicted molar refractivity (Wildman–Crippen MR) is 91.2 cm³/mol. The van der Waals surface area contributed by atoms with Crippen LogP contribution in [-0.2, 0) is 4.79 Å². The second-order valence-electron chi connectivity index (χ2n) is 5.08. The zero-order chi connectivity index (χ0) is 17.5. The monoisotopic (exact) mass is 345 g/mol. The van der Waals surface area contributed by atoms with Gasteiger partial charge in [-0.15, -0.1) is 10.2 Å². The van der Waals surface area contributed by atoms with Gasteiger partial charge in [-0.2, -0.15) is 5.26 Å². The molecule has 0 unspecified atom stereocenters. The molecule has 1 aromatic heterocycles. The fourth-order valence-corrected chi connectivity index (χ4v) is 2.98. The number of aryl methyl sites for hydroxylation is 1. The Morgan fingerprint density at radius 2 is 2.08 bits per heavy atom. The zero-order valence-electron chi connectivity index (χ0n) is 13.9. The molecule has 0 radical (unpaired) electrons. The van der Waals surface area contributed by atoms with Crippen LogP contribution < -0.4 is 4.74 Å². The van der Waals surface area contributed by atoms with Crippen molar-refractivity contribution in [3.63, 3.8) is 0 Å². The highest BCUT2D eigenvalue weighted by molar-refractivity contribution is 7.99. The Bertz CT molecular complexity index is 736. The summed E-state index contributed by atoms with van der Waals surface area (Å²) in [6.45, 7) is 2.29. The summed E-state index contributed by atoms with van der Waals surface area (Å²) in [5.41, 5.74) is 0.908. The lowest BCUT2D eigenvalue weighted by Gasteiger charge is -2.15. The first-order valence-electron chi connectivity index (χ1n) is 7.37. The molecule has 0 bridgehead atoms. The van der Waals surface area contributed by atoms with Gasteiger partial charge in [-0.1, -0.05) is 11.8 Å². The van der Waals surface area contributed by atoms with E-state index in [-0.39, 0.29) is 11.7 Å². The second kappa shape index (κ2) is 8.36. The maximum absolute atomic E-state index is 12.1. The minimum atomic E-state index is -0.0443. The van der Waals surface area contributed by atoms with E-state index < -0.39 is 0 Å². The van der Waals surface area contributed by atoms with Crippen molar-refractivity contribution in [1.29, 1.82) is 5.26 Å². The van der Waals surface area contributed by atoms with E-state index in [1.54, 1.807) is 19.1 Å². The summed E-state index contributed by atoms with van der Waals surface area (Å²) < 4.78 is 7.06. The van der Waals surface area contributed by atoms with Crippen LogP contribution in [0.5, 0.6) is 5.75 Å². The van der Waals surface area contributed by atoms with E-state index in [1.165, 1.54) is 11.8 Å². The van der Waals surface area contributed by atoms with Crippen LogP contribution >= 0.6 is 11.8 Å². The molecular weight excluding hydrogens is 326 g/mol. The van der Waals surface area contributed by atoms with Crippen molar-refractivity contribution >= 4 is 17.7 Å². The lowest BCUT2D eigenvalue weighted by molar-refractivity contribution is -0.127. The van der Waals surface area contributed by atoms with Gasteiger partial charge in [-0.05, 0) is 31.2 Å². The van der Waals surface area contributed by atoms with Crippen LogP contribution in [0, 0.1) is 18.3 Å². The number of hydrogen-bond acceptors (Lipinski definition) is 6. The van der Waals surface area contributed by atoms with Crippen LogP contribution in [0.4, 0.5) is 0 Å². The van der Waals surface area contributed by atoms with Gasteiger partial charge in [-0.25, -0.2) is 0 Å². The average Bonchev–Trinajstić information content (AvgIpc) is 2.98. The molecule has 8 heteroatoms. The maximum Gasteiger partial charge on any atom is 0.232 e. The number of thioether (sulfide) groups is 1. The number of methoxy groups -OCH3 is 1. The van der Waals surface area contributed by atoms with Gasteiger partial charge < -0.3 is 9.64 Å². The highest BCUT2D eigenvalue weighted by Crippen LogP contribution is 2.23. The molecule has 126 valence electrons.